The van der Waals surface area contributed by atoms with E-state index in [9.17, 15) is 0 Å². The number of nitrogens with zero attached hydrogens (tertiary/aromatic N) is 1. The number of methoxy groups -OCH3 is 1. The van der Waals surface area contributed by atoms with Crippen LogP contribution in [-0.2, 0) is 19.6 Å². The summed E-state index contributed by atoms with van der Waals surface area (Å²) in [5.74, 6) is 0.934. The fourth-order valence-corrected chi connectivity index (χ4v) is 3.05. The maximum Gasteiger partial charge on any atom is 0.123 e. The molecule has 0 radical (unpaired) electrons. The van der Waals surface area contributed by atoms with Crippen LogP contribution in [0.1, 0.15) is 29.9 Å². The molecule has 0 aliphatic heterocycles. The standard InChI is InChI=1S/C17H24N2OS/c1-13(2)19(12-16-5-4-8-21-16)11-15-9-14(10-18)6-7-17(15)20-3/h4-9,13H,10-12,18H2,1-3H3. The molecule has 0 saturated heterocycles. The van der Waals surface area contributed by atoms with Gasteiger partial charge in [-0.3, -0.25) is 4.90 Å². The lowest BCUT2D eigenvalue weighted by Gasteiger charge is -2.27. The van der Waals surface area contributed by atoms with Gasteiger partial charge in [0.1, 0.15) is 5.75 Å². The molecule has 0 spiro atoms. The van der Waals surface area contributed by atoms with E-state index in [0.717, 1.165) is 24.4 Å². The summed E-state index contributed by atoms with van der Waals surface area (Å²) < 4.78 is 5.50. The Morgan fingerprint density at radius 2 is 2.05 bits per heavy atom. The van der Waals surface area contributed by atoms with Crippen molar-refractivity contribution in [1.82, 2.24) is 4.90 Å². The van der Waals surface area contributed by atoms with E-state index >= 15 is 0 Å². The summed E-state index contributed by atoms with van der Waals surface area (Å²) in [4.78, 5) is 3.84. The van der Waals surface area contributed by atoms with E-state index in [1.165, 1.54) is 10.4 Å². The molecule has 0 aliphatic rings. The van der Waals surface area contributed by atoms with Crippen LogP contribution in [0.4, 0.5) is 0 Å². The lowest BCUT2D eigenvalue weighted by atomic mass is 10.1. The van der Waals surface area contributed by atoms with Gasteiger partial charge in [0, 0.05) is 36.1 Å². The Labute approximate surface area is 131 Å². The Balaban J connectivity index is 2.19. The zero-order valence-electron chi connectivity index (χ0n) is 13.0. The van der Waals surface area contributed by atoms with E-state index < -0.39 is 0 Å². The SMILES string of the molecule is COc1ccc(CN)cc1CN(Cc1cccs1)C(C)C. The van der Waals surface area contributed by atoms with Crippen molar-refractivity contribution in [2.24, 2.45) is 5.73 Å². The quantitative estimate of drug-likeness (QED) is 0.849. The molecule has 0 bridgehead atoms. The Bertz CT molecular complexity index is 552. The molecule has 0 fully saturated rings. The molecule has 4 heteroatoms. The first-order valence-corrected chi connectivity index (χ1v) is 8.14. The number of benzene rings is 1. The zero-order chi connectivity index (χ0) is 15.2. The minimum atomic E-state index is 0.471. The Morgan fingerprint density at radius 1 is 1.24 bits per heavy atom. The van der Waals surface area contributed by atoms with Crippen LogP contribution in [0, 0.1) is 0 Å². The first-order valence-electron chi connectivity index (χ1n) is 7.26. The predicted octanol–water partition coefficient (Wildman–Crippen LogP) is 3.63. The highest BCUT2D eigenvalue weighted by Crippen LogP contribution is 2.24. The van der Waals surface area contributed by atoms with Gasteiger partial charge >= 0.3 is 0 Å². The van der Waals surface area contributed by atoms with Crippen LogP contribution in [0.2, 0.25) is 0 Å². The molecule has 21 heavy (non-hydrogen) atoms. The van der Waals surface area contributed by atoms with Gasteiger partial charge in [-0.25, -0.2) is 0 Å². The molecule has 0 amide bonds. The van der Waals surface area contributed by atoms with E-state index in [4.69, 9.17) is 10.5 Å². The van der Waals surface area contributed by atoms with Gasteiger partial charge in [-0.2, -0.15) is 0 Å². The topological polar surface area (TPSA) is 38.5 Å². The molecule has 2 rings (SSSR count). The van der Waals surface area contributed by atoms with Crippen molar-refractivity contribution in [2.45, 2.75) is 39.5 Å². The molecule has 0 atom stereocenters. The van der Waals surface area contributed by atoms with Gasteiger partial charge in [-0.15, -0.1) is 11.3 Å². The number of hydrogen-bond donors (Lipinski definition) is 1. The minimum absolute atomic E-state index is 0.471. The average Bonchev–Trinajstić information content (AvgIpc) is 2.99. The second-order valence-electron chi connectivity index (χ2n) is 5.43. The van der Waals surface area contributed by atoms with Gasteiger partial charge in [-0.05, 0) is 43.0 Å². The maximum atomic E-state index is 5.76. The first kappa shape index (κ1) is 16.0. The Kier molecular flexibility index (Phi) is 5.79. The highest BCUT2D eigenvalue weighted by atomic mass is 32.1. The Morgan fingerprint density at radius 3 is 2.62 bits per heavy atom. The number of nitrogens with two attached hydrogens (primary N) is 1. The summed E-state index contributed by atoms with van der Waals surface area (Å²) >= 11 is 1.80. The summed E-state index contributed by atoms with van der Waals surface area (Å²) in [6.07, 6.45) is 0. The predicted molar refractivity (Wildman–Crippen MR) is 89.6 cm³/mol. The third-order valence-electron chi connectivity index (χ3n) is 3.62. The fourth-order valence-electron chi connectivity index (χ4n) is 2.33. The van der Waals surface area contributed by atoms with Crippen LogP contribution in [0.3, 0.4) is 0 Å². The average molecular weight is 304 g/mol. The van der Waals surface area contributed by atoms with Crippen molar-refractivity contribution in [2.75, 3.05) is 7.11 Å². The lowest BCUT2D eigenvalue weighted by molar-refractivity contribution is 0.203. The Hall–Kier alpha value is -1.36. The van der Waals surface area contributed by atoms with Crippen LogP contribution in [-0.4, -0.2) is 18.1 Å². The van der Waals surface area contributed by atoms with Gasteiger partial charge in [0.2, 0.25) is 0 Å². The van der Waals surface area contributed by atoms with Crippen molar-refractivity contribution >= 4 is 11.3 Å². The van der Waals surface area contributed by atoms with Gasteiger partial charge in [0.25, 0.3) is 0 Å². The molecular weight excluding hydrogens is 280 g/mol. The van der Waals surface area contributed by atoms with Gasteiger partial charge in [0.15, 0.2) is 0 Å². The van der Waals surface area contributed by atoms with E-state index in [2.05, 4.69) is 42.3 Å². The van der Waals surface area contributed by atoms with Crippen LogP contribution < -0.4 is 10.5 Å². The smallest absolute Gasteiger partial charge is 0.123 e. The second kappa shape index (κ2) is 7.59. The minimum Gasteiger partial charge on any atom is -0.496 e. The van der Waals surface area contributed by atoms with E-state index in [0.29, 0.717) is 12.6 Å². The van der Waals surface area contributed by atoms with Crippen molar-refractivity contribution in [1.29, 1.82) is 0 Å². The summed E-state index contributed by atoms with van der Waals surface area (Å²) in [6.45, 7) is 6.85. The molecule has 0 saturated carbocycles. The number of ether oxygens (including phenoxy) is 1. The molecular formula is C17H24N2OS. The molecule has 1 heterocycles. The maximum absolute atomic E-state index is 5.76. The molecule has 2 aromatic rings. The normalized spacial score (nSPS) is 11.3. The largest absolute Gasteiger partial charge is 0.496 e. The molecule has 1 aromatic carbocycles. The molecule has 0 aliphatic carbocycles. The highest BCUT2D eigenvalue weighted by Gasteiger charge is 2.14. The summed E-state index contributed by atoms with van der Waals surface area (Å²) in [5, 5.41) is 2.13. The van der Waals surface area contributed by atoms with Crippen LogP contribution in [0.15, 0.2) is 35.7 Å². The lowest BCUT2D eigenvalue weighted by Crippen LogP contribution is -2.29. The highest BCUT2D eigenvalue weighted by molar-refractivity contribution is 7.09. The van der Waals surface area contributed by atoms with Crippen LogP contribution >= 0.6 is 11.3 Å². The van der Waals surface area contributed by atoms with Crippen LogP contribution in [0.5, 0.6) is 5.75 Å². The summed E-state index contributed by atoms with van der Waals surface area (Å²) in [6, 6.07) is 11.0. The molecule has 0 unspecified atom stereocenters. The molecule has 114 valence electrons. The second-order valence-corrected chi connectivity index (χ2v) is 6.46. The van der Waals surface area contributed by atoms with Gasteiger partial charge in [-0.1, -0.05) is 12.1 Å². The molecule has 2 N–H and O–H groups in total. The number of rotatable bonds is 7. The summed E-state index contributed by atoms with van der Waals surface area (Å²) in [7, 11) is 1.72. The van der Waals surface area contributed by atoms with E-state index in [1.807, 2.05) is 12.1 Å². The number of hydrogen-bond acceptors (Lipinski definition) is 4. The monoisotopic (exact) mass is 304 g/mol. The third-order valence-corrected chi connectivity index (χ3v) is 4.48. The fraction of sp³-hybridized carbons (Fsp3) is 0.412. The van der Waals surface area contributed by atoms with Gasteiger partial charge in [0.05, 0.1) is 7.11 Å². The molecule has 3 nitrogen and oxygen atoms in total. The number of thiophene rings is 1. The first-order chi connectivity index (χ1) is 10.1. The molecule has 1 aromatic heterocycles. The van der Waals surface area contributed by atoms with Crippen molar-refractivity contribution in [3.63, 3.8) is 0 Å². The van der Waals surface area contributed by atoms with Gasteiger partial charge < -0.3 is 10.5 Å². The van der Waals surface area contributed by atoms with E-state index in [1.54, 1.807) is 18.4 Å². The van der Waals surface area contributed by atoms with Crippen molar-refractivity contribution in [3.8, 4) is 5.75 Å². The third kappa shape index (κ3) is 4.30. The summed E-state index contributed by atoms with van der Waals surface area (Å²) in [5.41, 5.74) is 8.10. The zero-order valence-corrected chi connectivity index (χ0v) is 13.8. The van der Waals surface area contributed by atoms with Crippen molar-refractivity contribution in [3.05, 3.63) is 51.7 Å². The van der Waals surface area contributed by atoms with Crippen molar-refractivity contribution < 1.29 is 4.74 Å². The van der Waals surface area contributed by atoms with E-state index in [-0.39, 0.29) is 0 Å². The van der Waals surface area contributed by atoms with Crippen LogP contribution in [0.25, 0.3) is 0 Å².